The fourth-order valence-corrected chi connectivity index (χ4v) is 8.41. The monoisotopic (exact) mass is 672 g/mol. The third kappa shape index (κ3) is 4.35. The van der Waals surface area contributed by atoms with Gasteiger partial charge in [-0.2, -0.15) is 0 Å². The topological polar surface area (TPSA) is 77.8 Å². The molecule has 4 heterocycles. The molecule has 51 heavy (non-hydrogen) atoms. The zero-order chi connectivity index (χ0) is 33.5. The Balaban J connectivity index is 1.25. The first kappa shape index (κ1) is 28.2. The normalized spacial score (nSPS) is 11.9. The van der Waals surface area contributed by atoms with Crippen LogP contribution >= 0.6 is 11.3 Å². The van der Waals surface area contributed by atoms with Crippen LogP contribution in [-0.4, -0.2) is 19.9 Å². The van der Waals surface area contributed by atoms with E-state index in [0.717, 1.165) is 65.9 Å². The van der Waals surface area contributed by atoms with Gasteiger partial charge in [0, 0.05) is 58.6 Å². The molecule has 0 saturated heterocycles. The standard InChI is InChI=1S/C44H24N4O2S/c1-3-12-25(13-4-1)41-46-42(30-18-11-21-36-37(30)29-17-8-10-20-35(29)51-36)48-43(47-41)31-24-34-38(28-16-7-9-19-33(28)49-34)39-27(31)22-23-32-40(39)50-44(45-32)26-14-5-2-6-15-26/h1-24H. The molecule has 7 aromatic carbocycles. The maximum absolute atomic E-state index is 6.65. The van der Waals surface area contributed by atoms with Crippen LogP contribution in [0, 0.1) is 0 Å². The van der Waals surface area contributed by atoms with Gasteiger partial charge in [-0.3, -0.25) is 0 Å². The molecule has 4 aromatic heterocycles. The van der Waals surface area contributed by atoms with E-state index in [1.807, 2.05) is 84.9 Å². The molecule has 0 atom stereocenters. The molecule has 0 fully saturated rings. The van der Waals surface area contributed by atoms with E-state index in [1.165, 1.54) is 14.8 Å². The first-order valence-electron chi connectivity index (χ1n) is 16.7. The minimum absolute atomic E-state index is 0.546. The second-order valence-electron chi connectivity index (χ2n) is 12.6. The molecule has 7 heteroatoms. The molecule has 0 N–H and O–H groups in total. The highest BCUT2D eigenvalue weighted by molar-refractivity contribution is 7.25. The number of hydrogen-bond donors (Lipinski definition) is 0. The zero-order valence-corrected chi connectivity index (χ0v) is 27.7. The largest absolute Gasteiger partial charge is 0.456 e. The van der Waals surface area contributed by atoms with Crippen molar-refractivity contribution in [2.24, 2.45) is 0 Å². The maximum atomic E-state index is 6.65. The SMILES string of the molecule is c1ccc(-c2nc(-c3cc4oc5ccccc5c4c4c3ccc3nc(-c5ccccc5)oc34)nc(-c3cccc4sc5ccccc5c34)n2)cc1. The second-order valence-corrected chi connectivity index (χ2v) is 13.6. The molecule has 0 aliphatic heterocycles. The second kappa shape index (κ2) is 10.9. The summed E-state index contributed by atoms with van der Waals surface area (Å²) in [6, 6.07) is 49.2. The number of fused-ring (bicyclic) bond motifs is 10. The predicted octanol–water partition coefficient (Wildman–Crippen LogP) is 12.1. The van der Waals surface area contributed by atoms with E-state index in [9.17, 15) is 0 Å². The van der Waals surface area contributed by atoms with Gasteiger partial charge in [-0.1, -0.05) is 103 Å². The molecule has 6 nitrogen and oxygen atoms in total. The Bertz CT molecular complexity index is 3150. The molecule has 0 bridgehead atoms. The molecule has 0 aliphatic carbocycles. The number of benzene rings is 7. The smallest absolute Gasteiger partial charge is 0.227 e. The van der Waals surface area contributed by atoms with Gasteiger partial charge in [0.05, 0.1) is 0 Å². The lowest BCUT2D eigenvalue weighted by Gasteiger charge is -2.12. The predicted molar refractivity (Wildman–Crippen MR) is 207 cm³/mol. The number of furan rings is 1. The lowest BCUT2D eigenvalue weighted by molar-refractivity contribution is 0.623. The highest BCUT2D eigenvalue weighted by Gasteiger charge is 2.23. The van der Waals surface area contributed by atoms with Crippen LogP contribution in [0.3, 0.4) is 0 Å². The number of nitrogens with zero attached hydrogens (tertiary/aromatic N) is 4. The third-order valence-electron chi connectivity index (χ3n) is 9.57. The van der Waals surface area contributed by atoms with Crippen molar-refractivity contribution in [3.8, 4) is 45.6 Å². The van der Waals surface area contributed by atoms with Crippen LogP contribution in [0.4, 0.5) is 0 Å². The summed E-state index contributed by atoms with van der Waals surface area (Å²) >= 11 is 1.78. The van der Waals surface area contributed by atoms with Gasteiger partial charge in [0.1, 0.15) is 16.7 Å². The fourth-order valence-electron chi connectivity index (χ4n) is 7.28. The average molecular weight is 673 g/mol. The summed E-state index contributed by atoms with van der Waals surface area (Å²) in [4.78, 5) is 20.5. The van der Waals surface area contributed by atoms with Crippen LogP contribution in [0.25, 0.3) is 110 Å². The van der Waals surface area contributed by atoms with Crippen molar-refractivity contribution in [3.63, 3.8) is 0 Å². The number of para-hydroxylation sites is 1. The number of rotatable bonds is 4. The van der Waals surface area contributed by atoms with E-state index >= 15 is 0 Å². The van der Waals surface area contributed by atoms with E-state index in [-0.39, 0.29) is 0 Å². The van der Waals surface area contributed by atoms with Crippen molar-refractivity contribution in [3.05, 3.63) is 146 Å². The fraction of sp³-hybridized carbons (Fsp3) is 0. The summed E-state index contributed by atoms with van der Waals surface area (Å²) in [5.74, 6) is 2.31. The van der Waals surface area contributed by atoms with Gasteiger partial charge >= 0.3 is 0 Å². The van der Waals surface area contributed by atoms with E-state index in [0.29, 0.717) is 28.9 Å². The summed E-state index contributed by atoms with van der Waals surface area (Å²) in [6.07, 6.45) is 0. The Labute approximate surface area is 294 Å². The third-order valence-corrected chi connectivity index (χ3v) is 10.7. The Morgan fingerprint density at radius 1 is 0.412 bits per heavy atom. The molecular weight excluding hydrogens is 649 g/mol. The van der Waals surface area contributed by atoms with E-state index in [4.69, 9.17) is 28.8 Å². The van der Waals surface area contributed by atoms with Gasteiger partial charge in [-0.25, -0.2) is 19.9 Å². The van der Waals surface area contributed by atoms with Gasteiger partial charge < -0.3 is 8.83 Å². The quantitative estimate of drug-likeness (QED) is 0.185. The van der Waals surface area contributed by atoms with Crippen LogP contribution in [0.1, 0.15) is 0 Å². The molecule has 0 spiro atoms. The Kier molecular flexibility index (Phi) is 6.02. The minimum atomic E-state index is 0.546. The van der Waals surface area contributed by atoms with Gasteiger partial charge in [0.2, 0.25) is 5.89 Å². The summed E-state index contributed by atoms with van der Waals surface area (Å²) in [5.41, 5.74) is 6.57. The number of hydrogen-bond acceptors (Lipinski definition) is 7. The van der Waals surface area contributed by atoms with Crippen LogP contribution in [-0.2, 0) is 0 Å². The first-order chi connectivity index (χ1) is 25.3. The summed E-state index contributed by atoms with van der Waals surface area (Å²) in [6.45, 7) is 0. The Morgan fingerprint density at radius 2 is 1.10 bits per heavy atom. The van der Waals surface area contributed by atoms with Crippen molar-refractivity contribution in [1.29, 1.82) is 0 Å². The molecule has 0 unspecified atom stereocenters. The van der Waals surface area contributed by atoms with Gasteiger partial charge in [0.15, 0.2) is 23.1 Å². The zero-order valence-electron chi connectivity index (χ0n) is 26.9. The summed E-state index contributed by atoms with van der Waals surface area (Å²) in [5, 5.41) is 6.15. The minimum Gasteiger partial charge on any atom is -0.456 e. The highest BCUT2D eigenvalue weighted by Crippen LogP contribution is 2.44. The first-order valence-corrected chi connectivity index (χ1v) is 17.5. The highest BCUT2D eigenvalue weighted by atomic mass is 32.1. The average Bonchev–Trinajstić information content (AvgIpc) is 3.91. The molecule has 0 aliphatic rings. The molecule has 11 aromatic rings. The number of aromatic nitrogens is 4. The van der Waals surface area contributed by atoms with Crippen molar-refractivity contribution in [2.45, 2.75) is 0 Å². The number of oxazole rings is 1. The van der Waals surface area contributed by atoms with E-state index < -0.39 is 0 Å². The molecule has 0 radical (unpaired) electrons. The van der Waals surface area contributed by atoms with Crippen LogP contribution in [0.5, 0.6) is 0 Å². The van der Waals surface area contributed by atoms with Crippen LogP contribution in [0.15, 0.2) is 154 Å². The lowest BCUT2D eigenvalue weighted by atomic mass is 9.97. The molecular formula is C44H24N4O2S. The van der Waals surface area contributed by atoms with Crippen molar-refractivity contribution in [1.82, 2.24) is 19.9 Å². The number of thiophene rings is 1. The Morgan fingerprint density at radius 3 is 1.94 bits per heavy atom. The van der Waals surface area contributed by atoms with Crippen molar-refractivity contribution >= 4 is 75.3 Å². The summed E-state index contributed by atoms with van der Waals surface area (Å²) < 4.78 is 15.6. The molecule has 238 valence electrons. The van der Waals surface area contributed by atoms with Crippen molar-refractivity contribution in [2.75, 3.05) is 0 Å². The van der Waals surface area contributed by atoms with Crippen LogP contribution < -0.4 is 0 Å². The van der Waals surface area contributed by atoms with Gasteiger partial charge in [0.25, 0.3) is 0 Å². The Hall–Kier alpha value is -6.70. The summed E-state index contributed by atoms with van der Waals surface area (Å²) in [7, 11) is 0. The van der Waals surface area contributed by atoms with E-state index in [1.54, 1.807) is 11.3 Å². The maximum Gasteiger partial charge on any atom is 0.227 e. The van der Waals surface area contributed by atoms with E-state index in [2.05, 4.69) is 60.7 Å². The molecule has 11 rings (SSSR count). The van der Waals surface area contributed by atoms with Crippen molar-refractivity contribution < 1.29 is 8.83 Å². The molecule has 0 amide bonds. The van der Waals surface area contributed by atoms with Gasteiger partial charge in [-0.05, 0) is 47.9 Å². The van der Waals surface area contributed by atoms with Gasteiger partial charge in [-0.15, -0.1) is 11.3 Å². The molecule has 0 saturated carbocycles. The van der Waals surface area contributed by atoms with Crippen LogP contribution in [0.2, 0.25) is 0 Å². The lowest BCUT2D eigenvalue weighted by Crippen LogP contribution is -2.01.